The van der Waals surface area contributed by atoms with Gasteiger partial charge < -0.3 is 11.1 Å². The van der Waals surface area contributed by atoms with Crippen LogP contribution in [0.3, 0.4) is 0 Å². The maximum atomic E-state index is 12.4. The van der Waals surface area contributed by atoms with E-state index >= 15 is 0 Å². The van der Waals surface area contributed by atoms with Gasteiger partial charge in [0, 0.05) is 37.2 Å². The number of nitro benzene ring substituents is 1. The quantitative estimate of drug-likeness (QED) is 0.603. The van der Waals surface area contributed by atoms with Gasteiger partial charge in [0.2, 0.25) is 5.91 Å². The number of anilines is 1. The van der Waals surface area contributed by atoms with Crippen LogP contribution in [0.5, 0.6) is 0 Å². The number of non-ortho nitro benzene ring substituents is 1. The molecule has 0 spiro atoms. The van der Waals surface area contributed by atoms with Gasteiger partial charge in [-0.2, -0.15) is 0 Å². The smallest absolute Gasteiger partial charge is 0.271 e. The number of nitrogens with zero attached hydrogens (tertiary/aromatic N) is 2. The summed E-state index contributed by atoms with van der Waals surface area (Å²) < 4.78 is 0. The van der Waals surface area contributed by atoms with Crippen molar-refractivity contribution in [3.63, 3.8) is 0 Å². The summed E-state index contributed by atoms with van der Waals surface area (Å²) >= 11 is 0. The average molecular weight is 391 g/mol. The zero-order valence-electron chi connectivity index (χ0n) is 15.0. The third kappa shape index (κ3) is 5.03. The Hall–Kier alpha value is -2.48. The van der Waals surface area contributed by atoms with E-state index in [1.54, 1.807) is 13.0 Å². The molecule has 0 aromatic heterocycles. The lowest BCUT2D eigenvalue weighted by atomic mass is 9.95. The largest absolute Gasteiger partial charge is 0.326 e. The van der Waals surface area contributed by atoms with Crippen LogP contribution in [0.2, 0.25) is 0 Å². The summed E-state index contributed by atoms with van der Waals surface area (Å²) in [7, 11) is 0. The van der Waals surface area contributed by atoms with Crippen molar-refractivity contribution in [3.05, 3.63) is 69.8 Å². The number of nitro groups is 1. The van der Waals surface area contributed by atoms with Gasteiger partial charge in [0.1, 0.15) is 0 Å². The molecule has 7 nitrogen and oxygen atoms in total. The number of nitrogens with one attached hydrogen (secondary N) is 1. The molecule has 0 bridgehead atoms. The number of carbonyl (C=O) groups is 1. The Bertz CT molecular complexity index is 816. The van der Waals surface area contributed by atoms with E-state index in [-0.39, 0.29) is 42.5 Å². The lowest BCUT2D eigenvalue weighted by Crippen LogP contribution is -2.33. The number of nitrogens with two attached hydrogens (primary N) is 1. The molecule has 1 saturated heterocycles. The zero-order chi connectivity index (χ0) is 18.7. The number of aryl methyl sites for hydroxylation is 1. The number of hydrogen-bond acceptors (Lipinski definition) is 5. The second-order valence-corrected chi connectivity index (χ2v) is 6.68. The van der Waals surface area contributed by atoms with Crippen LogP contribution in [0.25, 0.3) is 0 Å². The Morgan fingerprint density at radius 1 is 1.26 bits per heavy atom. The standard InChI is InChI=1S/C19H22N4O3.ClH/c1-13-7-8-15(23(25)26)9-18(13)21-19(24)12-22-10-16(17(20)11-22)14-5-3-2-4-6-14;/h2-9,16-17H,10-12,20H2,1H3,(H,21,24);1H/t16-,17+;/m0./s1. The van der Waals surface area contributed by atoms with Crippen LogP contribution in [0, 0.1) is 17.0 Å². The third-order valence-electron chi connectivity index (χ3n) is 4.74. The molecular formula is C19H23ClN4O3. The molecule has 2 aromatic carbocycles. The summed E-state index contributed by atoms with van der Waals surface area (Å²) in [6, 6.07) is 14.5. The van der Waals surface area contributed by atoms with Crippen LogP contribution in [0.15, 0.2) is 48.5 Å². The van der Waals surface area contributed by atoms with Crippen molar-refractivity contribution in [2.75, 3.05) is 25.0 Å². The number of likely N-dealkylation sites (tertiary alicyclic amines) is 1. The van der Waals surface area contributed by atoms with Crippen molar-refractivity contribution >= 4 is 29.7 Å². The fourth-order valence-corrected chi connectivity index (χ4v) is 3.35. The van der Waals surface area contributed by atoms with Crippen molar-refractivity contribution in [2.45, 2.75) is 18.9 Å². The summed E-state index contributed by atoms with van der Waals surface area (Å²) in [6.07, 6.45) is 0. The second-order valence-electron chi connectivity index (χ2n) is 6.68. The molecule has 3 N–H and O–H groups in total. The highest BCUT2D eigenvalue weighted by atomic mass is 35.5. The van der Waals surface area contributed by atoms with Crippen molar-refractivity contribution < 1.29 is 9.72 Å². The summed E-state index contributed by atoms with van der Waals surface area (Å²) in [5.41, 5.74) is 8.64. The molecule has 3 rings (SSSR count). The highest BCUT2D eigenvalue weighted by Crippen LogP contribution is 2.26. The van der Waals surface area contributed by atoms with Crippen LogP contribution in [0.4, 0.5) is 11.4 Å². The Kier molecular flexibility index (Phi) is 6.90. The van der Waals surface area contributed by atoms with Crippen molar-refractivity contribution in [1.82, 2.24) is 4.90 Å². The predicted octanol–water partition coefficient (Wildman–Crippen LogP) is 2.69. The maximum absolute atomic E-state index is 12.4. The predicted molar refractivity (Wildman–Crippen MR) is 107 cm³/mol. The fraction of sp³-hybridized carbons (Fsp3) is 0.316. The molecule has 0 aliphatic carbocycles. The summed E-state index contributed by atoms with van der Waals surface area (Å²) in [6.45, 7) is 3.36. The molecule has 0 saturated carbocycles. The van der Waals surface area contributed by atoms with Crippen LogP contribution < -0.4 is 11.1 Å². The highest BCUT2D eigenvalue weighted by molar-refractivity contribution is 5.93. The third-order valence-corrected chi connectivity index (χ3v) is 4.74. The van der Waals surface area contributed by atoms with Gasteiger partial charge in [0.25, 0.3) is 5.69 Å². The van der Waals surface area contributed by atoms with Crippen LogP contribution in [-0.4, -0.2) is 41.4 Å². The Labute approximate surface area is 164 Å². The van der Waals surface area contributed by atoms with Gasteiger partial charge in [-0.15, -0.1) is 12.4 Å². The van der Waals surface area contributed by atoms with Crippen molar-refractivity contribution in [1.29, 1.82) is 0 Å². The van der Waals surface area contributed by atoms with Crippen LogP contribution in [0.1, 0.15) is 17.0 Å². The second kappa shape index (κ2) is 8.94. The van der Waals surface area contributed by atoms with E-state index in [0.717, 1.165) is 5.56 Å². The molecule has 1 aliphatic heterocycles. The van der Waals surface area contributed by atoms with E-state index in [0.29, 0.717) is 18.8 Å². The lowest BCUT2D eigenvalue weighted by molar-refractivity contribution is -0.384. The number of halogens is 1. The molecule has 0 radical (unpaired) electrons. The Balaban J connectivity index is 0.00000261. The van der Waals surface area contributed by atoms with E-state index < -0.39 is 4.92 Å². The first-order chi connectivity index (χ1) is 12.4. The minimum Gasteiger partial charge on any atom is -0.326 e. The van der Waals surface area contributed by atoms with Crippen molar-refractivity contribution in [3.8, 4) is 0 Å². The summed E-state index contributed by atoms with van der Waals surface area (Å²) in [4.78, 5) is 24.8. The van der Waals surface area contributed by atoms with Gasteiger partial charge in [0.15, 0.2) is 0 Å². The zero-order valence-corrected chi connectivity index (χ0v) is 15.8. The number of benzene rings is 2. The Morgan fingerprint density at radius 3 is 2.63 bits per heavy atom. The van der Waals surface area contributed by atoms with E-state index in [4.69, 9.17) is 5.73 Å². The van der Waals surface area contributed by atoms with Gasteiger partial charge in [-0.05, 0) is 18.1 Å². The molecule has 2 aromatic rings. The molecule has 144 valence electrons. The summed E-state index contributed by atoms with van der Waals surface area (Å²) in [5, 5.41) is 13.7. The molecular weight excluding hydrogens is 368 g/mol. The average Bonchev–Trinajstić information content (AvgIpc) is 2.97. The van der Waals surface area contributed by atoms with Crippen LogP contribution in [-0.2, 0) is 4.79 Å². The molecule has 1 heterocycles. The minimum atomic E-state index is -0.473. The SMILES string of the molecule is Cc1ccc([N+](=O)[O-])cc1NC(=O)CN1C[C@@H](N)[C@H](c2ccccc2)C1.Cl. The van der Waals surface area contributed by atoms with Gasteiger partial charge in [-0.1, -0.05) is 36.4 Å². The minimum absolute atomic E-state index is 0. The van der Waals surface area contributed by atoms with Gasteiger partial charge in [0.05, 0.1) is 17.2 Å². The first-order valence-electron chi connectivity index (χ1n) is 8.52. The number of amides is 1. The monoisotopic (exact) mass is 390 g/mol. The molecule has 1 aliphatic rings. The summed E-state index contributed by atoms with van der Waals surface area (Å²) in [5.74, 6) is -0.00180. The molecule has 0 unspecified atom stereocenters. The first kappa shape index (κ1) is 20.8. The van der Waals surface area contributed by atoms with Crippen molar-refractivity contribution in [2.24, 2.45) is 5.73 Å². The Morgan fingerprint density at radius 2 is 1.96 bits per heavy atom. The lowest BCUT2D eigenvalue weighted by Gasteiger charge is -2.16. The van der Waals surface area contributed by atoms with E-state index in [1.165, 1.54) is 17.7 Å². The molecule has 2 atom stereocenters. The molecule has 1 amide bonds. The van der Waals surface area contributed by atoms with E-state index in [2.05, 4.69) is 17.4 Å². The van der Waals surface area contributed by atoms with Gasteiger partial charge in [-0.3, -0.25) is 19.8 Å². The van der Waals surface area contributed by atoms with Gasteiger partial charge in [-0.25, -0.2) is 0 Å². The van der Waals surface area contributed by atoms with Crippen LogP contribution >= 0.6 is 12.4 Å². The molecule has 27 heavy (non-hydrogen) atoms. The normalized spacial score (nSPS) is 19.3. The number of rotatable bonds is 5. The first-order valence-corrected chi connectivity index (χ1v) is 8.52. The maximum Gasteiger partial charge on any atom is 0.271 e. The fourth-order valence-electron chi connectivity index (χ4n) is 3.35. The number of hydrogen-bond donors (Lipinski definition) is 2. The highest BCUT2D eigenvalue weighted by Gasteiger charge is 2.32. The molecule has 8 heteroatoms. The van der Waals surface area contributed by atoms with Gasteiger partial charge >= 0.3 is 0 Å². The molecule has 1 fully saturated rings. The van der Waals surface area contributed by atoms with E-state index in [1.807, 2.05) is 23.1 Å². The topological polar surface area (TPSA) is 102 Å². The van der Waals surface area contributed by atoms with E-state index in [9.17, 15) is 14.9 Å². The number of carbonyl (C=O) groups excluding carboxylic acids is 1.